The average Bonchev–Trinajstić information content (AvgIpc) is 2.29. The Labute approximate surface area is 173 Å². The van der Waals surface area contributed by atoms with E-state index in [4.69, 9.17) is 79.1 Å². The van der Waals surface area contributed by atoms with Gasteiger partial charge in [0.1, 0.15) is 0 Å². The Morgan fingerprint density at radius 1 is 0.800 bits per heavy atom. The molecule has 0 saturated carbocycles. The maximum atomic E-state index is 9.37. The monoisotopic (exact) mass is 632 g/mol. The zero-order chi connectivity index (χ0) is 16.1. The van der Waals surface area contributed by atoms with Crippen molar-refractivity contribution in [2.45, 2.75) is 20.2 Å². The highest BCUT2D eigenvalue weighted by molar-refractivity contribution is 14.1. The Morgan fingerprint density at radius 2 is 1.05 bits per heavy atom. The zero-order valence-electron chi connectivity index (χ0n) is 9.30. The molecule has 12 heteroatoms. The Morgan fingerprint density at radius 3 is 1.25 bits per heavy atom. The molecule has 0 fully saturated rings. The van der Waals surface area contributed by atoms with Crippen LogP contribution in [-0.4, -0.2) is 43.6 Å². The number of aliphatic hydroxyl groups is 2. The van der Waals surface area contributed by atoms with Gasteiger partial charge in [-0.05, 0) is 45.2 Å². The highest BCUT2D eigenvalue weighted by Crippen LogP contribution is 2.33. The van der Waals surface area contributed by atoms with Crippen LogP contribution < -0.4 is 0 Å². The maximum Gasteiger partial charge on any atom is 0.240 e. The molecule has 0 saturated heterocycles. The van der Waals surface area contributed by atoms with Crippen LogP contribution >= 0.6 is 115 Å². The molecule has 2 atom stereocenters. The SMILES string of the molecule is OC(OC/C(I)=C(/I)COC(O)C(Cl)(Cl)Cl)C(Cl)(Cl)Cl. The Kier molecular flexibility index (Phi) is 11.3. The first-order chi connectivity index (χ1) is 8.85. The lowest BCUT2D eigenvalue weighted by Crippen LogP contribution is -2.29. The molecule has 120 valence electrons. The van der Waals surface area contributed by atoms with Gasteiger partial charge in [0.15, 0.2) is 0 Å². The summed E-state index contributed by atoms with van der Waals surface area (Å²) in [6.45, 7) is -0.0255. The fourth-order valence-corrected chi connectivity index (χ4v) is 1.70. The molecule has 2 unspecified atom stereocenters. The second kappa shape index (κ2) is 9.93. The summed E-state index contributed by atoms with van der Waals surface area (Å²) in [5.41, 5.74) is 0. The third-order valence-electron chi connectivity index (χ3n) is 1.59. The standard InChI is InChI=1S/C8H8Cl6I2O4/c9-7(10,11)5(17)19-1-3(15)4(16)2-20-6(18)8(12,13)14/h5-6,17-18H,1-2H2/b4-3-. The molecule has 0 rings (SSSR count). The lowest BCUT2D eigenvalue weighted by atomic mass is 10.5. The van der Waals surface area contributed by atoms with Crippen molar-refractivity contribution in [3.63, 3.8) is 0 Å². The topological polar surface area (TPSA) is 58.9 Å². The average molecular weight is 635 g/mol. The fourth-order valence-electron chi connectivity index (χ4n) is 0.650. The summed E-state index contributed by atoms with van der Waals surface area (Å²) in [7, 11) is 0. The quantitative estimate of drug-likeness (QED) is 0.257. The van der Waals surface area contributed by atoms with Crippen LogP contribution in [0.2, 0.25) is 0 Å². The van der Waals surface area contributed by atoms with Gasteiger partial charge >= 0.3 is 0 Å². The summed E-state index contributed by atoms with van der Waals surface area (Å²) in [5, 5.41) is 18.7. The van der Waals surface area contributed by atoms with Crippen LogP contribution in [0.4, 0.5) is 0 Å². The molecule has 2 N–H and O–H groups in total. The number of aliphatic hydroxyl groups excluding tert-OH is 2. The zero-order valence-corrected chi connectivity index (χ0v) is 18.2. The van der Waals surface area contributed by atoms with E-state index in [1.165, 1.54) is 0 Å². The van der Waals surface area contributed by atoms with Gasteiger partial charge in [0.2, 0.25) is 20.2 Å². The Balaban J connectivity index is 4.33. The van der Waals surface area contributed by atoms with E-state index in [1.807, 2.05) is 45.2 Å². The largest absolute Gasteiger partial charge is 0.365 e. The molecule has 20 heavy (non-hydrogen) atoms. The molecule has 0 bridgehead atoms. The smallest absolute Gasteiger partial charge is 0.240 e. The number of hydrogen-bond acceptors (Lipinski definition) is 4. The van der Waals surface area contributed by atoms with E-state index in [9.17, 15) is 10.2 Å². The molecule has 4 nitrogen and oxygen atoms in total. The van der Waals surface area contributed by atoms with Crippen molar-refractivity contribution in [1.82, 2.24) is 0 Å². The molecular formula is C8H8Cl6I2O4. The number of ether oxygens (including phenoxy) is 2. The first-order valence-corrected chi connectivity index (χ1v) is 9.04. The lowest BCUT2D eigenvalue weighted by Gasteiger charge is -2.20. The molecule has 0 amide bonds. The Bertz CT molecular complexity index is 311. The van der Waals surface area contributed by atoms with Crippen molar-refractivity contribution in [2.24, 2.45) is 0 Å². The fraction of sp³-hybridized carbons (Fsp3) is 0.750. The van der Waals surface area contributed by atoms with Crippen LogP contribution in [0.25, 0.3) is 0 Å². The third-order valence-corrected chi connectivity index (χ3v) is 5.67. The summed E-state index contributed by atoms with van der Waals surface area (Å²) in [4.78, 5) is 0. The molecule has 0 heterocycles. The van der Waals surface area contributed by atoms with Crippen molar-refractivity contribution < 1.29 is 19.7 Å². The number of halogens is 8. The van der Waals surface area contributed by atoms with E-state index in [2.05, 4.69) is 0 Å². The molecule has 0 aliphatic heterocycles. The van der Waals surface area contributed by atoms with Crippen LogP contribution in [0.1, 0.15) is 0 Å². The molecule has 0 aromatic carbocycles. The summed E-state index contributed by atoms with van der Waals surface area (Å²) in [6.07, 6.45) is -3.15. The highest BCUT2D eigenvalue weighted by atomic mass is 127. The van der Waals surface area contributed by atoms with Crippen molar-refractivity contribution in [2.75, 3.05) is 13.2 Å². The van der Waals surface area contributed by atoms with Gasteiger partial charge in [-0.1, -0.05) is 69.6 Å². The van der Waals surface area contributed by atoms with Crippen molar-refractivity contribution in [3.05, 3.63) is 7.16 Å². The normalized spacial score (nSPS) is 17.7. The third kappa shape index (κ3) is 9.82. The second-order valence-electron chi connectivity index (χ2n) is 3.22. The first kappa shape index (κ1) is 22.8. The highest BCUT2D eigenvalue weighted by Gasteiger charge is 2.33. The van der Waals surface area contributed by atoms with Gasteiger partial charge in [-0.25, -0.2) is 0 Å². The molecule has 0 aliphatic rings. The molecule has 0 aromatic heterocycles. The second-order valence-corrected chi connectivity index (χ2v) is 10.6. The van der Waals surface area contributed by atoms with Crippen LogP contribution in [-0.2, 0) is 9.47 Å². The van der Waals surface area contributed by atoms with E-state index < -0.39 is 20.2 Å². The van der Waals surface area contributed by atoms with Gasteiger partial charge in [0.05, 0.1) is 13.2 Å². The number of rotatable bonds is 6. The van der Waals surface area contributed by atoms with E-state index in [-0.39, 0.29) is 13.2 Å². The minimum Gasteiger partial charge on any atom is -0.365 e. The summed E-state index contributed by atoms with van der Waals surface area (Å²) >= 11 is 36.5. The molecule has 0 spiro atoms. The predicted molar refractivity (Wildman–Crippen MR) is 99.6 cm³/mol. The Hall–Kier alpha value is 2.78. The van der Waals surface area contributed by atoms with Gasteiger partial charge in [-0.3, -0.25) is 0 Å². The minimum absolute atomic E-state index is 0.0128. The minimum atomic E-state index is -1.94. The van der Waals surface area contributed by atoms with Crippen LogP contribution in [0, 0.1) is 0 Å². The van der Waals surface area contributed by atoms with Crippen LogP contribution in [0.3, 0.4) is 0 Å². The molecular weight excluding hydrogens is 627 g/mol. The molecule has 0 radical (unpaired) electrons. The van der Waals surface area contributed by atoms with Crippen molar-refractivity contribution in [1.29, 1.82) is 0 Å². The molecule has 0 aromatic rings. The van der Waals surface area contributed by atoms with Gasteiger partial charge in [0.25, 0.3) is 0 Å². The maximum absolute atomic E-state index is 9.37. The van der Waals surface area contributed by atoms with Crippen molar-refractivity contribution >= 4 is 115 Å². The van der Waals surface area contributed by atoms with E-state index in [1.54, 1.807) is 0 Å². The predicted octanol–water partition coefficient (Wildman–Crippen LogP) is 4.48. The summed E-state index contributed by atoms with van der Waals surface area (Å²) < 4.78 is 7.35. The van der Waals surface area contributed by atoms with Gasteiger partial charge in [-0.2, -0.15) is 0 Å². The van der Waals surface area contributed by atoms with Gasteiger partial charge in [-0.15, -0.1) is 0 Å². The van der Waals surface area contributed by atoms with Gasteiger partial charge in [0, 0.05) is 7.16 Å². The summed E-state index contributed by atoms with van der Waals surface area (Å²) in [6, 6.07) is 0. The lowest BCUT2D eigenvalue weighted by molar-refractivity contribution is -0.0889. The summed E-state index contributed by atoms with van der Waals surface area (Å²) in [5.74, 6) is 0. The molecule has 0 aliphatic carbocycles. The van der Waals surface area contributed by atoms with E-state index in [0.717, 1.165) is 0 Å². The van der Waals surface area contributed by atoms with E-state index >= 15 is 0 Å². The van der Waals surface area contributed by atoms with Crippen LogP contribution in [0.15, 0.2) is 7.16 Å². The van der Waals surface area contributed by atoms with Crippen LogP contribution in [0.5, 0.6) is 0 Å². The van der Waals surface area contributed by atoms with E-state index in [0.29, 0.717) is 7.16 Å². The van der Waals surface area contributed by atoms with Gasteiger partial charge < -0.3 is 19.7 Å². The number of alkyl halides is 6. The number of hydrogen-bond donors (Lipinski definition) is 2. The first-order valence-electron chi connectivity index (χ1n) is 4.61. The van der Waals surface area contributed by atoms with Crippen molar-refractivity contribution in [3.8, 4) is 0 Å².